The average molecular weight is 383 g/mol. The molecule has 2 rings (SSSR count). The second-order valence-electron chi connectivity index (χ2n) is 7.32. The zero-order chi connectivity index (χ0) is 20.7. The monoisotopic (exact) mass is 382 g/mol. The van der Waals surface area contributed by atoms with Crippen LogP contribution >= 0.6 is 0 Å². The number of amides is 2. The molecule has 150 valence electrons. The predicted molar refractivity (Wildman–Crippen MR) is 111 cm³/mol. The number of benzene rings is 2. The van der Waals surface area contributed by atoms with Gasteiger partial charge in [0.05, 0.1) is 13.5 Å². The minimum absolute atomic E-state index is 0.0140. The van der Waals surface area contributed by atoms with E-state index in [1.165, 1.54) is 0 Å². The van der Waals surface area contributed by atoms with Crippen molar-refractivity contribution >= 4 is 11.8 Å². The lowest BCUT2D eigenvalue weighted by molar-refractivity contribution is -0.140. The number of nitrogens with zero attached hydrogens (tertiary/aromatic N) is 1. The molecule has 0 heterocycles. The van der Waals surface area contributed by atoms with Crippen LogP contribution < -0.4 is 10.1 Å². The number of nitrogens with one attached hydrogen (secondary N) is 1. The third-order valence-electron chi connectivity index (χ3n) is 4.69. The van der Waals surface area contributed by atoms with Gasteiger partial charge in [-0.25, -0.2) is 0 Å². The van der Waals surface area contributed by atoms with Gasteiger partial charge in [0.2, 0.25) is 11.8 Å². The summed E-state index contributed by atoms with van der Waals surface area (Å²) < 4.78 is 5.29. The molecule has 0 spiro atoms. The van der Waals surface area contributed by atoms with Gasteiger partial charge in [0.15, 0.2) is 0 Å². The minimum Gasteiger partial charge on any atom is -0.497 e. The van der Waals surface area contributed by atoms with E-state index in [0.29, 0.717) is 6.54 Å². The third kappa shape index (κ3) is 5.84. The van der Waals surface area contributed by atoms with Crippen LogP contribution in [0.2, 0.25) is 0 Å². The Balaban J connectivity index is 2.27. The van der Waals surface area contributed by atoms with Gasteiger partial charge in [-0.2, -0.15) is 0 Å². The number of ether oxygens (including phenoxy) is 1. The maximum atomic E-state index is 13.2. The molecule has 0 aliphatic carbocycles. The standard InChI is InChI=1S/C23H30N2O3/c1-16(2)24-23(27)18(4)25(15-19-10-8-12-21(13-19)28-5)22(26)14-20-11-7-6-9-17(20)3/h6-13,16,18H,14-15H2,1-5H3,(H,24,27)/t18-/m1/s1. The summed E-state index contributed by atoms with van der Waals surface area (Å²) >= 11 is 0. The summed E-state index contributed by atoms with van der Waals surface area (Å²) in [6.45, 7) is 7.92. The fourth-order valence-corrected chi connectivity index (χ4v) is 3.03. The molecule has 5 heteroatoms. The maximum absolute atomic E-state index is 13.2. The molecule has 2 aromatic carbocycles. The summed E-state index contributed by atoms with van der Waals surface area (Å²) in [5, 5.41) is 2.90. The highest BCUT2D eigenvalue weighted by atomic mass is 16.5. The predicted octanol–water partition coefficient (Wildman–Crippen LogP) is 3.49. The number of methoxy groups -OCH3 is 1. The van der Waals surface area contributed by atoms with Crippen LogP contribution in [0.3, 0.4) is 0 Å². The van der Waals surface area contributed by atoms with E-state index in [4.69, 9.17) is 4.74 Å². The molecule has 2 amide bonds. The lowest BCUT2D eigenvalue weighted by atomic mass is 10.0. The molecule has 2 aromatic rings. The molecule has 0 radical (unpaired) electrons. The molecule has 0 bridgehead atoms. The smallest absolute Gasteiger partial charge is 0.242 e. The highest BCUT2D eigenvalue weighted by molar-refractivity contribution is 5.88. The first-order valence-corrected chi connectivity index (χ1v) is 9.59. The van der Waals surface area contributed by atoms with Crippen molar-refractivity contribution < 1.29 is 14.3 Å². The molecule has 5 nitrogen and oxygen atoms in total. The molecule has 0 saturated heterocycles. The van der Waals surface area contributed by atoms with Crippen LogP contribution in [-0.2, 0) is 22.6 Å². The highest BCUT2D eigenvalue weighted by Gasteiger charge is 2.26. The maximum Gasteiger partial charge on any atom is 0.242 e. The molecule has 28 heavy (non-hydrogen) atoms. The summed E-state index contributed by atoms with van der Waals surface area (Å²) in [6, 6.07) is 14.8. The van der Waals surface area contributed by atoms with Gasteiger partial charge in [-0.3, -0.25) is 9.59 Å². The van der Waals surface area contributed by atoms with Crippen LogP contribution in [0.25, 0.3) is 0 Å². The highest BCUT2D eigenvalue weighted by Crippen LogP contribution is 2.18. The van der Waals surface area contributed by atoms with Crippen molar-refractivity contribution in [3.8, 4) is 5.75 Å². The van der Waals surface area contributed by atoms with Crippen LogP contribution in [0.15, 0.2) is 48.5 Å². The molecule has 0 unspecified atom stereocenters. The second-order valence-corrected chi connectivity index (χ2v) is 7.32. The Morgan fingerprint density at radius 1 is 1.07 bits per heavy atom. The van der Waals surface area contributed by atoms with Crippen LogP contribution in [0.1, 0.15) is 37.5 Å². The van der Waals surface area contributed by atoms with Crippen molar-refractivity contribution in [1.82, 2.24) is 10.2 Å². The number of hydrogen-bond acceptors (Lipinski definition) is 3. The summed E-state index contributed by atoms with van der Waals surface area (Å²) in [6.07, 6.45) is 0.260. The first-order chi connectivity index (χ1) is 13.3. The zero-order valence-electron chi connectivity index (χ0n) is 17.4. The number of rotatable bonds is 8. The van der Waals surface area contributed by atoms with E-state index < -0.39 is 6.04 Å². The van der Waals surface area contributed by atoms with Gasteiger partial charge < -0.3 is 15.0 Å². The summed E-state index contributed by atoms with van der Waals surface area (Å²) in [4.78, 5) is 27.4. The normalized spacial score (nSPS) is 11.8. The van der Waals surface area contributed by atoms with Crippen molar-refractivity contribution in [3.63, 3.8) is 0 Å². The molecular weight excluding hydrogens is 352 g/mol. The van der Waals surface area contributed by atoms with E-state index >= 15 is 0 Å². The van der Waals surface area contributed by atoms with E-state index in [-0.39, 0.29) is 24.3 Å². The molecule has 0 aliphatic heterocycles. The van der Waals surface area contributed by atoms with Gasteiger partial charge >= 0.3 is 0 Å². The Morgan fingerprint density at radius 2 is 1.79 bits per heavy atom. The van der Waals surface area contributed by atoms with E-state index in [0.717, 1.165) is 22.4 Å². The summed E-state index contributed by atoms with van der Waals surface area (Å²) in [7, 11) is 1.61. The number of carbonyl (C=O) groups excluding carboxylic acids is 2. The Hall–Kier alpha value is -2.82. The van der Waals surface area contributed by atoms with Crippen LogP contribution in [0, 0.1) is 6.92 Å². The van der Waals surface area contributed by atoms with Gasteiger partial charge in [-0.1, -0.05) is 36.4 Å². The Kier molecular flexibility index (Phi) is 7.61. The van der Waals surface area contributed by atoms with Gasteiger partial charge in [-0.05, 0) is 56.5 Å². The van der Waals surface area contributed by atoms with E-state index in [9.17, 15) is 9.59 Å². The molecule has 0 fully saturated rings. The largest absolute Gasteiger partial charge is 0.497 e. The quantitative estimate of drug-likeness (QED) is 0.760. The molecule has 1 N–H and O–H groups in total. The van der Waals surface area contributed by atoms with Gasteiger partial charge in [0.1, 0.15) is 11.8 Å². The summed E-state index contributed by atoms with van der Waals surface area (Å²) in [5.74, 6) is 0.489. The SMILES string of the molecule is COc1cccc(CN(C(=O)Cc2ccccc2C)[C@H](C)C(=O)NC(C)C)c1. The molecule has 0 aliphatic rings. The fraction of sp³-hybridized carbons (Fsp3) is 0.391. The first kappa shape index (κ1) is 21.5. The van der Waals surface area contributed by atoms with Gasteiger partial charge in [0, 0.05) is 12.6 Å². The lowest BCUT2D eigenvalue weighted by Gasteiger charge is -2.29. The average Bonchev–Trinajstić information content (AvgIpc) is 2.67. The van der Waals surface area contributed by atoms with Crippen LogP contribution in [0.4, 0.5) is 0 Å². The van der Waals surface area contributed by atoms with Crippen molar-refractivity contribution in [3.05, 3.63) is 65.2 Å². The van der Waals surface area contributed by atoms with Gasteiger partial charge in [0.25, 0.3) is 0 Å². The Bertz CT molecular complexity index is 817. The van der Waals surface area contributed by atoms with Crippen molar-refractivity contribution in [2.24, 2.45) is 0 Å². The van der Waals surface area contributed by atoms with E-state index in [2.05, 4.69) is 5.32 Å². The second kappa shape index (κ2) is 9.93. The third-order valence-corrected chi connectivity index (χ3v) is 4.69. The Morgan fingerprint density at radius 3 is 2.43 bits per heavy atom. The van der Waals surface area contributed by atoms with Crippen molar-refractivity contribution in [1.29, 1.82) is 0 Å². The number of carbonyl (C=O) groups is 2. The minimum atomic E-state index is -0.579. The number of hydrogen-bond donors (Lipinski definition) is 1. The first-order valence-electron chi connectivity index (χ1n) is 9.59. The van der Waals surface area contributed by atoms with Crippen LogP contribution in [-0.4, -0.2) is 35.9 Å². The van der Waals surface area contributed by atoms with Gasteiger partial charge in [-0.15, -0.1) is 0 Å². The molecule has 0 saturated carbocycles. The van der Waals surface area contributed by atoms with Crippen LogP contribution in [0.5, 0.6) is 5.75 Å². The molecular formula is C23H30N2O3. The molecule has 1 atom stereocenters. The summed E-state index contributed by atoms with van der Waals surface area (Å²) in [5.41, 5.74) is 2.96. The number of aryl methyl sites for hydroxylation is 1. The van der Waals surface area contributed by atoms with Crippen molar-refractivity contribution in [2.75, 3.05) is 7.11 Å². The van der Waals surface area contributed by atoms with Crippen molar-refractivity contribution in [2.45, 2.75) is 52.7 Å². The fourth-order valence-electron chi connectivity index (χ4n) is 3.03. The molecule has 0 aromatic heterocycles. The zero-order valence-corrected chi connectivity index (χ0v) is 17.4. The van der Waals surface area contributed by atoms with E-state index in [1.807, 2.05) is 69.3 Å². The van der Waals surface area contributed by atoms with E-state index in [1.54, 1.807) is 18.9 Å². The lowest BCUT2D eigenvalue weighted by Crippen LogP contribution is -2.49. The Labute approximate surface area is 167 Å². The topological polar surface area (TPSA) is 58.6 Å².